The lowest BCUT2D eigenvalue weighted by molar-refractivity contribution is 0.101. The maximum atomic E-state index is 11.1. The van der Waals surface area contributed by atoms with E-state index in [9.17, 15) is 4.79 Å². The van der Waals surface area contributed by atoms with E-state index in [1.54, 1.807) is 6.92 Å². The fourth-order valence-corrected chi connectivity index (χ4v) is 1.98. The highest BCUT2D eigenvalue weighted by atomic mass is 16.1. The molecule has 0 atom stereocenters. The molecule has 1 aliphatic heterocycles. The first-order chi connectivity index (χ1) is 7.65. The molecule has 1 fully saturated rings. The largest absolute Gasteiger partial charge is 0.355 e. The second-order valence-electron chi connectivity index (χ2n) is 4.53. The van der Waals surface area contributed by atoms with Gasteiger partial charge in [-0.05, 0) is 19.2 Å². The highest BCUT2D eigenvalue weighted by molar-refractivity contribution is 5.92. The van der Waals surface area contributed by atoms with Crippen molar-refractivity contribution in [2.24, 2.45) is 0 Å². The van der Waals surface area contributed by atoms with Crippen LogP contribution in [0.5, 0.6) is 0 Å². The molecular weight excluding hydrogens is 202 g/mol. The molecule has 1 aliphatic rings. The molecule has 0 unspecified atom stereocenters. The summed E-state index contributed by atoms with van der Waals surface area (Å²) in [6.07, 6.45) is 0. The summed E-state index contributed by atoms with van der Waals surface area (Å²) in [5.41, 5.74) is 1.85. The molecule has 0 saturated carbocycles. The number of carbonyl (C=O) groups is 1. The van der Waals surface area contributed by atoms with Gasteiger partial charge in [0.25, 0.3) is 0 Å². The van der Waals surface area contributed by atoms with Gasteiger partial charge in [0.2, 0.25) is 0 Å². The van der Waals surface area contributed by atoms with Crippen LogP contribution in [0.25, 0.3) is 0 Å². The molecule has 16 heavy (non-hydrogen) atoms. The van der Waals surface area contributed by atoms with E-state index in [0.717, 1.165) is 38.4 Å². The molecule has 0 spiro atoms. The summed E-state index contributed by atoms with van der Waals surface area (Å²) < 4.78 is 0. The van der Waals surface area contributed by atoms with Crippen LogP contribution in [0.3, 0.4) is 0 Å². The Balaban J connectivity index is 1.91. The zero-order valence-electron chi connectivity index (χ0n) is 9.99. The fourth-order valence-electron chi connectivity index (χ4n) is 1.98. The molecule has 4 heteroatoms. The lowest BCUT2D eigenvalue weighted by atomic mass is 10.3. The Kier molecular flexibility index (Phi) is 3.41. The lowest BCUT2D eigenvalue weighted by Gasteiger charge is -2.31. The van der Waals surface area contributed by atoms with Crippen LogP contribution in [0.2, 0.25) is 0 Å². The summed E-state index contributed by atoms with van der Waals surface area (Å²) in [6.45, 7) is 6.96. The number of aromatic nitrogens is 1. The van der Waals surface area contributed by atoms with Crippen molar-refractivity contribution in [1.82, 2.24) is 14.8 Å². The number of aromatic amines is 1. The molecule has 0 radical (unpaired) electrons. The Morgan fingerprint density at radius 2 is 2.00 bits per heavy atom. The van der Waals surface area contributed by atoms with Crippen LogP contribution < -0.4 is 0 Å². The van der Waals surface area contributed by atoms with Gasteiger partial charge < -0.3 is 9.88 Å². The highest BCUT2D eigenvalue weighted by Gasteiger charge is 2.14. The normalized spacial score (nSPS) is 18.9. The van der Waals surface area contributed by atoms with E-state index in [0.29, 0.717) is 5.69 Å². The number of nitrogens with zero attached hydrogens (tertiary/aromatic N) is 2. The number of Topliss-reactive ketones (excluding diaryl/α,β-unsaturated/α-hetero) is 1. The van der Waals surface area contributed by atoms with Gasteiger partial charge in [-0.2, -0.15) is 0 Å². The van der Waals surface area contributed by atoms with Crippen molar-refractivity contribution in [3.63, 3.8) is 0 Å². The van der Waals surface area contributed by atoms with Crippen LogP contribution in [0.15, 0.2) is 12.1 Å². The van der Waals surface area contributed by atoms with Crippen molar-refractivity contribution in [1.29, 1.82) is 0 Å². The number of hydrogen-bond acceptors (Lipinski definition) is 3. The van der Waals surface area contributed by atoms with Crippen molar-refractivity contribution in [2.75, 3.05) is 33.2 Å². The zero-order valence-corrected chi connectivity index (χ0v) is 9.99. The monoisotopic (exact) mass is 221 g/mol. The molecule has 1 saturated heterocycles. The molecular formula is C12H19N3O. The Bertz CT molecular complexity index is 364. The van der Waals surface area contributed by atoms with E-state index in [1.165, 1.54) is 0 Å². The predicted octanol–water partition coefficient (Wildman–Crippen LogP) is 0.965. The maximum Gasteiger partial charge on any atom is 0.175 e. The molecule has 1 aromatic rings. The van der Waals surface area contributed by atoms with Gasteiger partial charge in [0.05, 0.1) is 5.69 Å². The Morgan fingerprint density at radius 1 is 1.31 bits per heavy atom. The predicted molar refractivity (Wildman–Crippen MR) is 63.6 cm³/mol. The van der Waals surface area contributed by atoms with Gasteiger partial charge >= 0.3 is 0 Å². The summed E-state index contributed by atoms with van der Waals surface area (Å²) in [7, 11) is 2.15. The first kappa shape index (κ1) is 11.4. The summed E-state index contributed by atoms with van der Waals surface area (Å²) in [6, 6.07) is 3.88. The summed E-state index contributed by atoms with van der Waals surface area (Å²) in [4.78, 5) is 19.1. The summed E-state index contributed by atoms with van der Waals surface area (Å²) in [5, 5.41) is 0. The fraction of sp³-hybridized carbons (Fsp3) is 0.583. The minimum Gasteiger partial charge on any atom is -0.355 e. The van der Waals surface area contributed by atoms with Crippen LogP contribution in [0, 0.1) is 0 Å². The smallest absolute Gasteiger partial charge is 0.175 e. The first-order valence-corrected chi connectivity index (χ1v) is 5.75. The molecule has 4 nitrogen and oxygen atoms in total. The zero-order chi connectivity index (χ0) is 11.5. The van der Waals surface area contributed by atoms with Gasteiger partial charge in [-0.1, -0.05) is 0 Å². The third-order valence-corrected chi connectivity index (χ3v) is 3.12. The molecule has 0 aromatic carbocycles. The molecule has 0 bridgehead atoms. The van der Waals surface area contributed by atoms with E-state index >= 15 is 0 Å². The number of likely N-dealkylation sites (N-methyl/N-ethyl adjacent to an activating group) is 1. The van der Waals surface area contributed by atoms with Crippen molar-refractivity contribution in [2.45, 2.75) is 13.5 Å². The third-order valence-electron chi connectivity index (χ3n) is 3.12. The molecule has 1 N–H and O–H groups in total. The van der Waals surface area contributed by atoms with Gasteiger partial charge in [-0.25, -0.2) is 0 Å². The van der Waals surface area contributed by atoms with Crippen molar-refractivity contribution in [3.8, 4) is 0 Å². The van der Waals surface area contributed by atoms with Gasteiger partial charge in [-0.3, -0.25) is 9.69 Å². The molecule has 2 heterocycles. The number of H-pyrrole nitrogens is 1. The van der Waals surface area contributed by atoms with Crippen molar-refractivity contribution >= 4 is 5.78 Å². The Morgan fingerprint density at radius 3 is 2.56 bits per heavy atom. The van der Waals surface area contributed by atoms with E-state index in [-0.39, 0.29) is 5.78 Å². The van der Waals surface area contributed by atoms with Crippen LogP contribution in [-0.2, 0) is 6.54 Å². The average Bonchev–Trinajstić information content (AvgIpc) is 2.70. The average molecular weight is 221 g/mol. The van der Waals surface area contributed by atoms with Crippen molar-refractivity contribution in [3.05, 3.63) is 23.5 Å². The summed E-state index contributed by atoms with van der Waals surface area (Å²) >= 11 is 0. The molecule has 0 aliphatic carbocycles. The second kappa shape index (κ2) is 4.80. The third kappa shape index (κ3) is 2.71. The molecule has 88 valence electrons. The Hall–Kier alpha value is -1.13. The number of carbonyl (C=O) groups excluding carboxylic acids is 1. The maximum absolute atomic E-state index is 11.1. The summed E-state index contributed by atoms with van der Waals surface area (Å²) in [5.74, 6) is 0.102. The number of ketones is 1. The van der Waals surface area contributed by atoms with E-state index in [4.69, 9.17) is 0 Å². The van der Waals surface area contributed by atoms with E-state index in [1.807, 2.05) is 12.1 Å². The minimum atomic E-state index is 0.102. The first-order valence-electron chi connectivity index (χ1n) is 5.75. The van der Waals surface area contributed by atoms with Crippen LogP contribution in [0.1, 0.15) is 23.1 Å². The SMILES string of the molecule is CC(=O)c1ccc(CN2CCN(C)CC2)[nH]1. The number of nitrogens with one attached hydrogen (secondary N) is 1. The van der Waals surface area contributed by atoms with Crippen LogP contribution >= 0.6 is 0 Å². The number of piperazine rings is 1. The molecule has 1 aromatic heterocycles. The molecule has 2 rings (SSSR count). The van der Waals surface area contributed by atoms with Gasteiger partial charge in [0.1, 0.15) is 0 Å². The number of hydrogen-bond donors (Lipinski definition) is 1. The molecule has 0 amide bonds. The number of rotatable bonds is 3. The van der Waals surface area contributed by atoms with E-state index in [2.05, 4.69) is 21.8 Å². The van der Waals surface area contributed by atoms with E-state index < -0.39 is 0 Å². The van der Waals surface area contributed by atoms with Crippen molar-refractivity contribution < 1.29 is 4.79 Å². The minimum absolute atomic E-state index is 0.102. The van der Waals surface area contributed by atoms with Crippen LogP contribution in [0.4, 0.5) is 0 Å². The van der Waals surface area contributed by atoms with Gasteiger partial charge in [0, 0.05) is 45.3 Å². The van der Waals surface area contributed by atoms with Crippen LogP contribution in [-0.4, -0.2) is 53.8 Å². The quantitative estimate of drug-likeness (QED) is 0.773. The van der Waals surface area contributed by atoms with Gasteiger partial charge in [0.15, 0.2) is 5.78 Å². The topological polar surface area (TPSA) is 39.3 Å². The Labute approximate surface area is 96.2 Å². The van der Waals surface area contributed by atoms with Gasteiger partial charge in [-0.15, -0.1) is 0 Å². The standard InChI is InChI=1S/C12H19N3O/c1-10(16)12-4-3-11(13-12)9-15-7-5-14(2)6-8-15/h3-4,13H,5-9H2,1-2H3. The highest BCUT2D eigenvalue weighted by Crippen LogP contribution is 2.08. The lowest BCUT2D eigenvalue weighted by Crippen LogP contribution is -2.43. The second-order valence-corrected chi connectivity index (χ2v) is 4.53.